The molecule has 1 heterocycles. The van der Waals surface area contributed by atoms with Crippen molar-refractivity contribution in [2.75, 3.05) is 51.8 Å². The SMILES string of the molecule is CC(C)NC(=O)CN(C)CC(=O)Nc1cc(S(=O)(=O)N2CCOCC2)ccc1OC(C)C. The first-order chi connectivity index (χ1) is 15.0. The Morgan fingerprint density at radius 2 is 1.75 bits per heavy atom. The molecule has 0 bridgehead atoms. The predicted octanol–water partition coefficient (Wildman–Crippen LogP) is 0.890. The van der Waals surface area contributed by atoms with Crippen LogP contribution in [0.2, 0.25) is 0 Å². The summed E-state index contributed by atoms with van der Waals surface area (Å²) in [5.41, 5.74) is 0.262. The fourth-order valence-electron chi connectivity index (χ4n) is 3.16. The quantitative estimate of drug-likeness (QED) is 0.521. The van der Waals surface area contributed by atoms with Crippen molar-refractivity contribution in [3.63, 3.8) is 0 Å². The number of anilines is 1. The molecule has 0 spiro atoms. The van der Waals surface area contributed by atoms with Crippen LogP contribution in [0.15, 0.2) is 23.1 Å². The number of nitrogens with zero attached hydrogens (tertiary/aromatic N) is 2. The Morgan fingerprint density at radius 3 is 2.34 bits per heavy atom. The average molecular weight is 471 g/mol. The van der Waals surface area contributed by atoms with Crippen LogP contribution in [0.25, 0.3) is 0 Å². The highest BCUT2D eigenvalue weighted by atomic mass is 32.2. The van der Waals surface area contributed by atoms with Gasteiger partial charge >= 0.3 is 0 Å². The van der Waals surface area contributed by atoms with E-state index >= 15 is 0 Å². The molecule has 2 N–H and O–H groups in total. The lowest BCUT2D eigenvalue weighted by Gasteiger charge is -2.26. The fraction of sp³-hybridized carbons (Fsp3) is 0.619. The van der Waals surface area contributed by atoms with E-state index in [9.17, 15) is 18.0 Å². The molecule has 1 saturated heterocycles. The number of carbonyl (C=O) groups excluding carboxylic acids is 2. The minimum atomic E-state index is -3.73. The molecule has 2 amide bonds. The Balaban J connectivity index is 2.17. The molecular weight excluding hydrogens is 436 g/mol. The zero-order valence-corrected chi connectivity index (χ0v) is 20.2. The van der Waals surface area contributed by atoms with Crippen molar-refractivity contribution in [1.29, 1.82) is 0 Å². The topological polar surface area (TPSA) is 117 Å². The number of amides is 2. The normalized spacial score (nSPS) is 15.2. The van der Waals surface area contributed by atoms with Crippen molar-refractivity contribution in [3.05, 3.63) is 18.2 Å². The van der Waals surface area contributed by atoms with Crippen LogP contribution in [0.1, 0.15) is 27.7 Å². The largest absolute Gasteiger partial charge is 0.489 e. The van der Waals surface area contributed by atoms with Crippen molar-refractivity contribution in [1.82, 2.24) is 14.5 Å². The minimum Gasteiger partial charge on any atom is -0.489 e. The smallest absolute Gasteiger partial charge is 0.243 e. The van der Waals surface area contributed by atoms with Gasteiger partial charge in [0, 0.05) is 19.1 Å². The lowest BCUT2D eigenvalue weighted by atomic mass is 10.2. The number of carbonyl (C=O) groups is 2. The van der Waals surface area contributed by atoms with Crippen molar-refractivity contribution < 1.29 is 27.5 Å². The number of sulfonamides is 1. The van der Waals surface area contributed by atoms with Crippen LogP contribution in [-0.2, 0) is 24.3 Å². The van der Waals surface area contributed by atoms with Gasteiger partial charge < -0.3 is 20.1 Å². The summed E-state index contributed by atoms with van der Waals surface area (Å²) in [7, 11) is -2.08. The monoisotopic (exact) mass is 470 g/mol. The van der Waals surface area contributed by atoms with Crippen LogP contribution >= 0.6 is 0 Å². The number of hydrogen-bond donors (Lipinski definition) is 2. The molecular formula is C21H34N4O6S. The van der Waals surface area contributed by atoms with Crippen molar-refractivity contribution >= 4 is 27.5 Å². The molecule has 1 aromatic carbocycles. The molecule has 0 atom stereocenters. The third-order valence-electron chi connectivity index (χ3n) is 4.47. The maximum Gasteiger partial charge on any atom is 0.243 e. The lowest BCUT2D eigenvalue weighted by Crippen LogP contribution is -2.41. The van der Waals surface area contributed by atoms with Crippen LogP contribution in [-0.4, -0.2) is 88.0 Å². The van der Waals surface area contributed by atoms with Gasteiger partial charge in [-0.15, -0.1) is 0 Å². The predicted molar refractivity (Wildman–Crippen MR) is 121 cm³/mol. The van der Waals surface area contributed by atoms with Crippen LogP contribution in [0.4, 0.5) is 5.69 Å². The van der Waals surface area contributed by atoms with E-state index in [1.807, 2.05) is 27.7 Å². The molecule has 1 aliphatic heterocycles. The first kappa shape index (κ1) is 26.0. The number of hydrogen-bond acceptors (Lipinski definition) is 7. The molecule has 1 aromatic rings. The van der Waals surface area contributed by atoms with Gasteiger partial charge in [-0.05, 0) is 52.9 Å². The highest BCUT2D eigenvalue weighted by molar-refractivity contribution is 7.89. The van der Waals surface area contributed by atoms with E-state index in [4.69, 9.17) is 9.47 Å². The second kappa shape index (κ2) is 11.6. The minimum absolute atomic E-state index is 0.0108. The number of ether oxygens (including phenoxy) is 2. The summed E-state index contributed by atoms with van der Waals surface area (Å²) in [6.45, 7) is 8.64. The number of nitrogens with one attached hydrogen (secondary N) is 2. The van der Waals surface area contributed by atoms with Gasteiger partial charge in [0.25, 0.3) is 0 Å². The average Bonchev–Trinajstić information content (AvgIpc) is 2.68. The second-order valence-electron chi connectivity index (χ2n) is 8.28. The highest BCUT2D eigenvalue weighted by Crippen LogP contribution is 2.30. The number of morpholine rings is 1. The third-order valence-corrected chi connectivity index (χ3v) is 6.37. The van der Waals surface area contributed by atoms with Crippen molar-refractivity contribution in [3.8, 4) is 5.75 Å². The van der Waals surface area contributed by atoms with Gasteiger partial charge in [0.05, 0.1) is 43.0 Å². The molecule has 0 saturated carbocycles. The standard InChI is InChI=1S/C21H34N4O6S/c1-15(2)22-20(26)13-24(5)14-21(27)23-18-12-17(6-7-19(18)31-16(3)4)32(28,29)25-8-10-30-11-9-25/h6-7,12,15-16H,8-11,13-14H2,1-5H3,(H,22,26)(H,23,27). The molecule has 10 nitrogen and oxygen atoms in total. The van der Waals surface area contributed by atoms with E-state index in [0.717, 1.165) is 0 Å². The van der Waals surface area contributed by atoms with E-state index in [-0.39, 0.29) is 60.7 Å². The molecule has 32 heavy (non-hydrogen) atoms. The van der Waals surface area contributed by atoms with E-state index in [0.29, 0.717) is 19.0 Å². The van der Waals surface area contributed by atoms with E-state index in [1.54, 1.807) is 18.0 Å². The van der Waals surface area contributed by atoms with Gasteiger partial charge in [0.2, 0.25) is 21.8 Å². The van der Waals surface area contributed by atoms with Crippen molar-refractivity contribution in [2.45, 2.75) is 44.7 Å². The molecule has 180 valence electrons. The number of benzene rings is 1. The molecule has 0 radical (unpaired) electrons. The Labute approximate surface area is 190 Å². The van der Waals surface area contributed by atoms with Gasteiger partial charge in [-0.3, -0.25) is 14.5 Å². The molecule has 0 aliphatic carbocycles. The van der Waals surface area contributed by atoms with Crippen molar-refractivity contribution in [2.24, 2.45) is 0 Å². The fourth-order valence-corrected chi connectivity index (χ4v) is 4.60. The Kier molecular flexibility index (Phi) is 9.44. The van der Waals surface area contributed by atoms with Gasteiger partial charge in [-0.1, -0.05) is 0 Å². The van der Waals surface area contributed by atoms with Crippen LogP contribution in [0.3, 0.4) is 0 Å². The van der Waals surface area contributed by atoms with Gasteiger partial charge in [-0.25, -0.2) is 8.42 Å². The molecule has 1 fully saturated rings. The Bertz CT molecular complexity index is 898. The van der Waals surface area contributed by atoms with E-state index in [1.165, 1.54) is 16.4 Å². The first-order valence-electron chi connectivity index (χ1n) is 10.7. The lowest BCUT2D eigenvalue weighted by molar-refractivity contribution is -0.123. The molecule has 0 aromatic heterocycles. The molecule has 11 heteroatoms. The van der Waals surface area contributed by atoms with Gasteiger partial charge in [0.15, 0.2) is 0 Å². The zero-order chi connectivity index (χ0) is 23.9. The van der Waals surface area contributed by atoms with E-state index < -0.39 is 10.0 Å². The van der Waals surface area contributed by atoms with Crippen LogP contribution < -0.4 is 15.4 Å². The summed E-state index contributed by atoms with van der Waals surface area (Å²) in [5.74, 6) is -0.202. The summed E-state index contributed by atoms with van der Waals surface area (Å²) >= 11 is 0. The first-order valence-corrected chi connectivity index (χ1v) is 12.1. The summed E-state index contributed by atoms with van der Waals surface area (Å²) in [5, 5.41) is 5.50. The second-order valence-corrected chi connectivity index (χ2v) is 10.2. The third kappa shape index (κ3) is 7.73. The molecule has 0 unspecified atom stereocenters. The summed E-state index contributed by atoms with van der Waals surface area (Å²) in [4.78, 5) is 26.1. The Hall–Kier alpha value is -2.21. The van der Waals surface area contributed by atoms with Crippen LogP contribution in [0.5, 0.6) is 5.75 Å². The maximum atomic E-state index is 13.0. The van der Waals surface area contributed by atoms with Gasteiger partial charge in [-0.2, -0.15) is 4.31 Å². The maximum absolute atomic E-state index is 13.0. The zero-order valence-electron chi connectivity index (χ0n) is 19.4. The Morgan fingerprint density at radius 1 is 1.12 bits per heavy atom. The van der Waals surface area contributed by atoms with E-state index in [2.05, 4.69) is 10.6 Å². The summed E-state index contributed by atoms with van der Waals surface area (Å²) < 4.78 is 38.4. The van der Waals surface area contributed by atoms with Crippen LogP contribution in [0, 0.1) is 0 Å². The number of rotatable bonds is 10. The number of likely N-dealkylation sites (N-methyl/N-ethyl adjacent to an activating group) is 1. The summed E-state index contributed by atoms with van der Waals surface area (Å²) in [6.07, 6.45) is -0.172. The highest BCUT2D eigenvalue weighted by Gasteiger charge is 2.27. The molecule has 1 aliphatic rings. The summed E-state index contributed by atoms with van der Waals surface area (Å²) in [6, 6.07) is 4.44. The molecule has 2 rings (SSSR count). The van der Waals surface area contributed by atoms with Gasteiger partial charge in [0.1, 0.15) is 5.75 Å².